The largest absolute Gasteiger partial charge is 0.507 e. The number of carboxylic acid groups (broad SMARTS) is 1. The van der Waals surface area contributed by atoms with E-state index in [2.05, 4.69) is 13.8 Å². The molecule has 170 valence electrons. The van der Waals surface area contributed by atoms with E-state index < -0.39 is 11.4 Å². The molecule has 0 aliphatic carbocycles. The fourth-order valence-electron chi connectivity index (χ4n) is 4.36. The predicted molar refractivity (Wildman–Crippen MR) is 127 cm³/mol. The molecule has 0 saturated heterocycles. The number of aromatic nitrogens is 1. The van der Waals surface area contributed by atoms with Crippen LogP contribution in [0.4, 0.5) is 4.39 Å². The number of benzene rings is 3. The summed E-state index contributed by atoms with van der Waals surface area (Å²) in [5, 5.41) is 20.9. The molecule has 5 nitrogen and oxygen atoms in total. The van der Waals surface area contributed by atoms with Gasteiger partial charge >= 0.3 is 5.97 Å². The van der Waals surface area contributed by atoms with E-state index in [1.807, 2.05) is 10.6 Å². The van der Waals surface area contributed by atoms with E-state index in [0.717, 1.165) is 28.0 Å². The Hall–Kier alpha value is -3.64. The number of nitrogens with zero attached hydrogens (tertiary/aromatic N) is 1. The van der Waals surface area contributed by atoms with Crippen molar-refractivity contribution < 1.29 is 24.1 Å². The van der Waals surface area contributed by atoms with Crippen LogP contribution in [0, 0.1) is 5.82 Å². The molecule has 4 rings (SSSR count). The van der Waals surface area contributed by atoms with E-state index in [1.165, 1.54) is 12.1 Å². The van der Waals surface area contributed by atoms with E-state index in [-0.39, 0.29) is 17.1 Å². The number of phenols is 1. The highest BCUT2D eigenvalue weighted by Gasteiger charge is 2.32. The van der Waals surface area contributed by atoms with Crippen molar-refractivity contribution in [2.24, 2.45) is 0 Å². The number of rotatable bonds is 7. The average Bonchev–Trinajstić information content (AvgIpc) is 3.16. The van der Waals surface area contributed by atoms with Gasteiger partial charge in [-0.2, -0.15) is 0 Å². The summed E-state index contributed by atoms with van der Waals surface area (Å²) >= 11 is 0. The SMILES string of the molecule is COCCC(C)(C)c1c(-c2ccc(C(=O)O)cc2)c2c(O)cccc2n1-c1ccc(F)cc1. The summed E-state index contributed by atoms with van der Waals surface area (Å²) in [6.45, 7) is 4.74. The maximum atomic E-state index is 13.7. The molecule has 0 atom stereocenters. The van der Waals surface area contributed by atoms with Gasteiger partial charge in [0.1, 0.15) is 11.6 Å². The summed E-state index contributed by atoms with van der Waals surface area (Å²) in [5.41, 5.74) is 3.84. The number of phenolic OH excluding ortho intramolecular Hbond substituents is 1. The molecule has 1 heterocycles. The van der Waals surface area contributed by atoms with Gasteiger partial charge in [-0.05, 0) is 60.5 Å². The second kappa shape index (κ2) is 8.71. The van der Waals surface area contributed by atoms with Gasteiger partial charge in [-0.15, -0.1) is 0 Å². The van der Waals surface area contributed by atoms with Crippen LogP contribution in [0.25, 0.3) is 27.7 Å². The fourth-order valence-corrected chi connectivity index (χ4v) is 4.36. The molecule has 0 fully saturated rings. The van der Waals surface area contributed by atoms with Crippen LogP contribution >= 0.6 is 0 Å². The zero-order valence-electron chi connectivity index (χ0n) is 18.8. The van der Waals surface area contributed by atoms with Crippen molar-refractivity contribution in [3.63, 3.8) is 0 Å². The van der Waals surface area contributed by atoms with Crippen LogP contribution in [0.15, 0.2) is 66.7 Å². The van der Waals surface area contributed by atoms with Gasteiger partial charge in [-0.1, -0.05) is 32.0 Å². The van der Waals surface area contributed by atoms with Crippen LogP contribution in [0.1, 0.15) is 36.3 Å². The molecule has 4 aromatic rings. The molecule has 1 aromatic heterocycles. The van der Waals surface area contributed by atoms with Gasteiger partial charge in [0.25, 0.3) is 0 Å². The molecular formula is C27H26FNO4. The first-order valence-electron chi connectivity index (χ1n) is 10.7. The number of carbonyl (C=O) groups is 1. The third kappa shape index (κ3) is 4.10. The molecule has 0 aliphatic rings. The first kappa shape index (κ1) is 22.6. The van der Waals surface area contributed by atoms with E-state index in [4.69, 9.17) is 4.74 Å². The summed E-state index contributed by atoms with van der Waals surface area (Å²) < 4.78 is 21.2. The van der Waals surface area contributed by atoms with Gasteiger partial charge in [0.05, 0.1) is 11.1 Å². The van der Waals surface area contributed by atoms with E-state index >= 15 is 0 Å². The van der Waals surface area contributed by atoms with Crippen LogP contribution in [-0.4, -0.2) is 34.5 Å². The minimum absolute atomic E-state index is 0.120. The Kier molecular flexibility index (Phi) is 5.95. The topological polar surface area (TPSA) is 71.7 Å². The lowest BCUT2D eigenvalue weighted by atomic mass is 9.81. The van der Waals surface area contributed by atoms with Crippen molar-refractivity contribution in [3.05, 3.63) is 83.8 Å². The molecule has 0 spiro atoms. The summed E-state index contributed by atoms with van der Waals surface area (Å²) in [6.07, 6.45) is 0.696. The zero-order chi connectivity index (χ0) is 23.8. The number of ether oxygens (including phenoxy) is 1. The minimum Gasteiger partial charge on any atom is -0.507 e. The number of halogens is 1. The van der Waals surface area contributed by atoms with Crippen molar-refractivity contribution in [1.29, 1.82) is 0 Å². The van der Waals surface area contributed by atoms with E-state index in [1.54, 1.807) is 55.6 Å². The second-order valence-corrected chi connectivity index (χ2v) is 8.72. The number of fused-ring (bicyclic) bond motifs is 1. The Balaban J connectivity index is 2.12. The first-order valence-corrected chi connectivity index (χ1v) is 10.7. The Morgan fingerprint density at radius 1 is 1.03 bits per heavy atom. The summed E-state index contributed by atoms with van der Waals surface area (Å²) in [7, 11) is 1.66. The van der Waals surface area contributed by atoms with Gasteiger partial charge in [0.15, 0.2) is 0 Å². The lowest BCUT2D eigenvalue weighted by Crippen LogP contribution is -2.24. The smallest absolute Gasteiger partial charge is 0.335 e. The van der Waals surface area contributed by atoms with Crippen LogP contribution in [0.5, 0.6) is 5.75 Å². The van der Waals surface area contributed by atoms with Crippen molar-refractivity contribution in [1.82, 2.24) is 4.57 Å². The predicted octanol–water partition coefficient (Wildman–Crippen LogP) is 6.15. The molecule has 0 unspecified atom stereocenters. The lowest BCUT2D eigenvalue weighted by Gasteiger charge is -2.29. The molecule has 0 radical (unpaired) electrons. The maximum absolute atomic E-state index is 13.7. The molecule has 33 heavy (non-hydrogen) atoms. The van der Waals surface area contributed by atoms with E-state index in [9.17, 15) is 19.4 Å². The van der Waals surface area contributed by atoms with E-state index in [0.29, 0.717) is 18.4 Å². The Morgan fingerprint density at radius 3 is 2.30 bits per heavy atom. The average molecular weight is 448 g/mol. The lowest BCUT2D eigenvalue weighted by molar-refractivity contribution is 0.0697. The molecular weight excluding hydrogens is 421 g/mol. The minimum atomic E-state index is -1.00. The highest BCUT2D eigenvalue weighted by atomic mass is 19.1. The van der Waals surface area contributed by atoms with Gasteiger partial charge in [-0.3, -0.25) is 0 Å². The molecule has 0 aliphatic heterocycles. The number of hydrogen-bond donors (Lipinski definition) is 2. The maximum Gasteiger partial charge on any atom is 0.335 e. The van der Waals surface area contributed by atoms with Crippen LogP contribution < -0.4 is 0 Å². The summed E-state index contributed by atoms with van der Waals surface area (Å²) in [4.78, 5) is 11.4. The monoisotopic (exact) mass is 447 g/mol. The normalized spacial score (nSPS) is 11.8. The highest BCUT2D eigenvalue weighted by molar-refractivity contribution is 6.04. The molecule has 3 aromatic carbocycles. The van der Waals surface area contributed by atoms with Gasteiger partial charge in [-0.25, -0.2) is 9.18 Å². The van der Waals surface area contributed by atoms with Gasteiger partial charge in [0.2, 0.25) is 0 Å². The quantitative estimate of drug-likeness (QED) is 0.356. The molecule has 0 saturated carbocycles. The molecule has 0 amide bonds. The van der Waals surface area contributed by atoms with Crippen LogP contribution in [0.2, 0.25) is 0 Å². The first-order chi connectivity index (χ1) is 15.7. The fraction of sp³-hybridized carbons (Fsp3) is 0.222. The third-order valence-electron chi connectivity index (χ3n) is 6.05. The Bertz CT molecular complexity index is 1300. The number of aromatic carboxylic acids is 1. The number of aromatic hydroxyl groups is 1. The number of hydrogen-bond acceptors (Lipinski definition) is 3. The number of methoxy groups -OCH3 is 1. The summed E-state index contributed by atoms with van der Waals surface area (Å²) in [6, 6.07) is 18.2. The number of carboxylic acids is 1. The van der Waals surface area contributed by atoms with Crippen molar-refractivity contribution in [2.75, 3.05) is 13.7 Å². The summed E-state index contributed by atoms with van der Waals surface area (Å²) in [5.74, 6) is -1.21. The Labute approximate surface area is 191 Å². The molecule has 2 N–H and O–H groups in total. The second-order valence-electron chi connectivity index (χ2n) is 8.72. The Morgan fingerprint density at radius 2 is 1.70 bits per heavy atom. The highest BCUT2D eigenvalue weighted by Crippen LogP contribution is 2.46. The van der Waals surface area contributed by atoms with Gasteiger partial charge in [0, 0.05) is 41.5 Å². The van der Waals surface area contributed by atoms with Crippen molar-refractivity contribution in [3.8, 4) is 22.6 Å². The van der Waals surface area contributed by atoms with Crippen molar-refractivity contribution >= 4 is 16.9 Å². The molecule has 6 heteroatoms. The third-order valence-corrected chi connectivity index (χ3v) is 6.05. The van der Waals surface area contributed by atoms with Crippen molar-refractivity contribution in [2.45, 2.75) is 25.7 Å². The van der Waals surface area contributed by atoms with Gasteiger partial charge < -0.3 is 19.5 Å². The zero-order valence-corrected chi connectivity index (χ0v) is 18.8. The standard InChI is InChI=1S/C27H26FNO4/c1-27(2,15-16-33-3)25-23(17-7-9-18(10-8-17)26(31)32)24-21(5-4-6-22(24)30)29(25)20-13-11-19(28)12-14-20/h4-14,30H,15-16H2,1-3H3,(H,31,32). The molecule has 0 bridgehead atoms. The van der Waals surface area contributed by atoms with Crippen LogP contribution in [0.3, 0.4) is 0 Å². The van der Waals surface area contributed by atoms with Crippen LogP contribution in [-0.2, 0) is 10.2 Å².